The van der Waals surface area contributed by atoms with Crippen LogP contribution in [-0.4, -0.2) is 5.11 Å². The molecular formula is C18H15ClO3. The van der Waals surface area contributed by atoms with Crippen LogP contribution in [0.5, 0.6) is 5.75 Å². The lowest BCUT2D eigenvalue weighted by Crippen LogP contribution is -2.11. The van der Waals surface area contributed by atoms with E-state index in [1.807, 2.05) is 32.0 Å². The molecule has 0 amide bonds. The standard InChI is InChI=1S/C18H15ClO3/c1-10-7-15(20)17-11(2)13(18(21)22-16(17)8-10)9-12-5-3-4-6-14(12)19/h3-8,20H,9H2,1-2H3. The zero-order valence-electron chi connectivity index (χ0n) is 12.3. The van der Waals surface area contributed by atoms with Gasteiger partial charge < -0.3 is 9.52 Å². The largest absolute Gasteiger partial charge is 0.507 e. The van der Waals surface area contributed by atoms with Crippen LogP contribution in [0.1, 0.15) is 22.3 Å². The van der Waals surface area contributed by atoms with Gasteiger partial charge in [-0.25, -0.2) is 4.79 Å². The first-order chi connectivity index (χ1) is 10.5. The van der Waals surface area contributed by atoms with Crippen molar-refractivity contribution in [2.24, 2.45) is 0 Å². The lowest BCUT2D eigenvalue weighted by Gasteiger charge is -2.10. The number of fused-ring (bicyclic) bond motifs is 1. The monoisotopic (exact) mass is 314 g/mol. The highest BCUT2D eigenvalue weighted by Gasteiger charge is 2.16. The molecule has 4 heteroatoms. The minimum absolute atomic E-state index is 0.122. The van der Waals surface area contributed by atoms with E-state index < -0.39 is 5.63 Å². The fraction of sp³-hybridized carbons (Fsp3) is 0.167. The van der Waals surface area contributed by atoms with Gasteiger partial charge in [-0.2, -0.15) is 0 Å². The van der Waals surface area contributed by atoms with Gasteiger partial charge in [0.2, 0.25) is 0 Å². The Kier molecular flexibility index (Phi) is 3.67. The molecular weight excluding hydrogens is 300 g/mol. The molecule has 0 saturated carbocycles. The van der Waals surface area contributed by atoms with Gasteiger partial charge in [-0.05, 0) is 48.7 Å². The van der Waals surface area contributed by atoms with Crippen LogP contribution in [0.4, 0.5) is 0 Å². The molecule has 0 radical (unpaired) electrons. The number of aromatic hydroxyl groups is 1. The fourth-order valence-corrected chi connectivity index (χ4v) is 2.90. The summed E-state index contributed by atoms with van der Waals surface area (Å²) in [6, 6.07) is 10.8. The normalized spacial score (nSPS) is 11.0. The van der Waals surface area contributed by atoms with Gasteiger partial charge in [-0.15, -0.1) is 0 Å². The molecule has 1 heterocycles. The lowest BCUT2D eigenvalue weighted by atomic mass is 9.98. The molecule has 0 fully saturated rings. The van der Waals surface area contributed by atoms with E-state index in [1.54, 1.807) is 18.2 Å². The molecule has 0 aliphatic rings. The molecule has 0 atom stereocenters. The maximum Gasteiger partial charge on any atom is 0.340 e. The van der Waals surface area contributed by atoms with E-state index in [0.717, 1.165) is 16.7 Å². The first kappa shape index (κ1) is 14.7. The highest BCUT2D eigenvalue weighted by Crippen LogP contribution is 2.31. The molecule has 0 unspecified atom stereocenters. The van der Waals surface area contributed by atoms with Crippen molar-refractivity contribution >= 4 is 22.6 Å². The second-order valence-electron chi connectivity index (χ2n) is 5.42. The Balaban J connectivity index is 2.23. The minimum Gasteiger partial charge on any atom is -0.507 e. The number of aryl methyl sites for hydroxylation is 2. The zero-order chi connectivity index (χ0) is 15.9. The number of hydrogen-bond acceptors (Lipinski definition) is 3. The van der Waals surface area contributed by atoms with E-state index in [4.69, 9.17) is 16.0 Å². The Hall–Kier alpha value is -2.26. The average Bonchev–Trinajstić information content (AvgIpc) is 2.44. The number of hydrogen-bond donors (Lipinski definition) is 1. The minimum atomic E-state index is -0.394. The third kappa shape index (κ3) is 2.48. The Bertz CT molecular complexity index is 925. The number of rotatable bonds is 2. The van der Waals surface area contributed by atoms with Crippen LogP contribution >= 0.6 is 11.6 Å². The summed E-state index contributed by atoms with van der Waals surface area (Å²) in [5.41, 5.74) is 2.94. The number of phenolic OH excluding ortho intramolecular Hbond substituents is 1. The summed E-state index contributed by atoms with van der Waals surface area (Å²) in [7, 11) is 0. The SMILES string of the molecule is Cc1cc(O)c2c(C)c(Cc3ccccc3Cl)c(=O)oc2c1. The van der Waals surface area contributed by atoms with Gasteiger partial charge in [0.1, 0.15) is 11.3 Å². The average molecular weight is 315 g/mol. The first-order valence-electron chi connectivity index (χ1n) is 6.96. The summed E-state index contributed by atoms with van der Waals surface area (Å²) in [6.45, 7) is 3.66. The van der Waals surface area contributed by atoms with Crippen LogP contribution in [0.15, 0.2) is 45.6 Å². The van der Waals surface area contributed by atoms with Crippen LogP contribution in [0.3, 0.4) is 0 Å². The fourth-order valence-electron chi connectivity index (χ4n) is 2.69. The molecule has 1 N–H and O–H groups in total. The van der Waals surface area contributed by atoms with Crippen LogP contribution < -0.4 is 5.63 Å². The van der Waals surface area contributed by atoms with E-state index in [2.05, 4.69) is 0 Å². The predicted molar refractivity (Wildman–Crippen MR) is 87.9 cm³/mol. The smallest absolute Gasteiger partial charge is 0.340 e. The summed E-state index contributed by atoms with van der Waals surface area (Å²) in [5, 5.41) is 11.4. The van der Waals surface area contributed by atoms with E-state index in [-0.39, 0.29) is 5.75 Å². The number of phenols is 1. The summed E-state index contributed by atoms with van der Waals surface area (Å²) in [4.78, 5) is 12.3. The van der Waals surface area contributed by atoms with E-state index >= 15 is 0 Å². The van der Waals surface area contributed by atoms with Gasteiger partial charge >= 0.3 is 5.63 Å². The molecule has 0 bridgehead atoms. The van der Waals surface area contributed by atoms with Gasteiger partial charge in [-0.1, -0.05) is 29.8 Å². The third-order valence-corrected chi connectivity index (χ3v) is 4.20. The van der Waals surface area contributed by atoms with Crippen molar-refractivity contribution in [2.45, 2.75) is 20.3 Å². The Labute approximate surface area is 132 Å². The van der Waals surface area contributed by atoms with Crippen molar-refractivity contribution in [1.29, 1.82) is 0 Å². The molecule has 0 spiro atoms. The molecule has 2 aromatic carbocycles. The molecule has 0 aliphatic carbocycles. The first-order valence-corrected chi connectivity index (χ1v) is 7.34. The van der Waals surface area contributed by atoms with Gasteiger partial charge in [0, 0.05) is 17.0 Å². The second kappa shape index (κ2) is 5.50. The van der Waals surface area contributed by atoms with Crippen LogP contribution in [0.25, 0.3) is 11.0 Å². The number of halogens is 1. The summed E-state index contributed by atoms with van der Waals surface area (Å²) < 4.78 is 5.39. The molecule has 0 aliphatic heterocycles. The molecule has 3 rings (SSSR count). The molecule has 22 heavy (non-hydrogen) atoms. The number of benzene rings is 2. The Morgan fingerprint density at radius 1 is 1.18 bits per heavy atom. The topological polar surface area (TPSA) is 50.4 Å². The van der Waals surface area contributed by atoms with Crippen LogP contribution in [0.2, 0.25) is 5.02 Å². The lowest BCUT2D eigenvalue weighted by molar-refractivity contribution is 0.477. The highest BCUT2D eigenvalue weighted by atomic mass is 35.5. The van der Waals surface area contributed by atoms with Crippen LogP contribution in [-0.2, 0) is 6.42 Å². The Morgan fingerprint density at radius 2 is 1.91 bits per heavy atom. The zero-order valence-corrected chi connectivity index (χ0v) is 13.1. The Morgan fingerprint density at radius 3 is 2.64 bits per heavy atom. The van der Waals surface area contributed by atoms with Crippen molar-refractivity contribution in [1.82, 2.24) is 0 Å². The van der Waals surface area contributed by atoms with Crippen molar-refractivity contribution in [3.05, 3.63) is 74.1 Å². The van der Waals surface area contributed by atoms with Crippen molar-refractivity contribution in [3.8, 4) is 5.75 Å². The molecule has 3 nitrogen and oxygen atoms in total. The molecule has 1 aromatic heterocycles. The summed E-state index contributed by atoms with van der Waals surface area (Å²) >= 11 is 6.17. The van der Waals surface area contributed by atoms with E-state index in [0.29, 0.717) is 28.0 Å². The van der Waals surface area contributed by atoms with Gasteiger partial charge in [0.15, 0.2) is 0 Å². The van der Waals surface area contributed by atoms with Crippen molar-refractivity contribution in [2.75, 3.05) is 0 Å². The summed E-state index contributed by atoms with van der Waals surface area (Å²) in [6.07, 6.45) is 0.372. The molecule has 0 saturated heterocycles. The second-order valence-corrected chi connectivity index (χ2v) is 5.83. The van der Waals surface area contributed by atoms with Crippen molar-refractivity contribution in [3.63, 3.8) is 0 Å². The summed E-state index contributed by atoms with van der Waals surface area (Å²) in [5.74, 6) is 0.122. The van der Waals surface area contributed by atoms with Gasteiger partial charge in [-0.3, -0.25) is 0 Å². The van der Waals surface area contributed by atoms with E-state index in [1.165, 1.54) is 0 Å². The highest BCUT2D eigenvalue weighted by molar-refractivity contribution is 6.31. The van der Waals surface area contributed by atoms with Crippen LogP contribution in [0, 0.1) is 13.8 Å². The maximum atomic E-state index is 12.3. The molecule has 3 aromatic rings. The van der Waals surface area contributed by atoms with Gasteiger partial charge in [0.25, 0.3) is 0 Å². The van der Waals surface area contributed by atoms with E-state index in [9.17, 15) is 9.90 Å². The van der Waals surface area contributed by atoms with Crippen molar-refractivity contribution < 1.29 is 9.52 Å². The predicted octanol–water partition coefficient (Wildman–Crippen LogP) is 4.36. The third-order valence-electron chi connectivity index (χ3n) is 3.83. The van der Waals surface area contributed by atoms with Gasteiger partial charge in [0.05, 0.1) is 5.39 Å². The maximum absolute atomic E-state index is 12.3. The quantitative estimate of drug-likeness (QED) is 0.715. The molecule has 112 valence electrons.